The van der Waals surface area contributed by atoms with Crippen LogP contribution in [0.4, 0.5) is 0 Å². The predicted octanol–water partition coefficient (Wildman–Crippen LogP) is 4.24. The van der Waals surface area contributed by atoms with Crippen LogP contribution in [0.3, 0.4) is 0 Å². The maximum atomic E-state index is 12.4. The second-order valence-electron chi connectivity index (χ2n) is 6.43. The molecular weight excluding hydrogens is 344 g/mol. The van der Waals surface area contributed by atoms with Gasteiger partial charge in [0.25, 0.3) is 0 Å². The van der Waals surface area contributed by atoms with Crippen LogP contribution >= 0.6 is 11.3 Å². The summed E-state index contributed by atoms with van der Waals surface area (Å²) in [4.78, 5) is 17.0. The molecule has 0 spiro atoms. The molecule has 132 valence electrons. The molecule has 3 aromatic rings. The third-order valence-corrected chi connectivity index (χ3v) is 5.56. The summed E-state index contributed by atoms with van der Waals surface area (Å²) in [6.07, 6.45) is 0.935. The van der Waals surface area contributed by atoms with Crippen molar-refractivity contribution in [1.82, 2.24) is 10.3 Å². The van der Waals surface area contributed by atoms with Crippen molar-refractivity contribution in [3.05, 3.63) is 70.5 Å². The monoisotopic (exact) mass is 364 g/mol. The number of amides is 1. The first-order chi connectivity index (χ1) is 12.7. The normalized spacial score (nSPS) is 18.3. The van der Waals surface area contributed by atoms with E-state index < -0.39 is 0 Å². The largest absolute Gasteiger partial charge is 0.497 e. The van der Waals surface area contributed by atoms with Crippen molar-refractivity contribution in [2.75, 3.05) is 7.11 Å². The first-order valence-electron chi connectivity index (χ1n) is 8.66. The zero-order valence-electron chi connectivity index (χ0n) is 14.5. The van der Waals surface area contributed by atoms with Crippen molar-refractivity contribution < 1.29 is 9.53 Å². The summed E-state index contributed by atoms with van der Waals surface area (Å²) in [5.41, 5.74) is 3.23. The number of methoxy groups -OCH3 is 1. The molecule has 0 saturated heterocycles. The highest BCUT2D eigenvalue weighted by molar-refractivity contribution is 7.09. The molecular formula is C21H20N2O2S. The van der Waals surface area contributed by atoms with Crippen LogP contribution in [0.25, 0.3) is 11.3 Å². The van der Waals surface area contributed by atoms with Gasteiger partial charge in [-0.05, 0) is 42.2 Å². The topological polar surface area (TPSA) is 51.2 Å². The Bertz CT molecular complexity index is 890. The molecule has 0 aliphatic heterocycles. The van der Waals surface area contributed by atoms with Gasteiger partial charge in [-0.3, -0.25) is 4.79 Å². The average Bonchev–Trinajstić information content (AvgIpc) is 3.37. The Labute approximate surface area is 156 Å². The van der Waals surface area contributed by atoms with Gasteiger partial charge in [0.2, 0.25) is 5.91 Å². The molecule has 1 aliphatic carbocycles. The van der Waals surface area contributed by atoms with Crippen LogP contribution in [-0.2, 0) is 11.3 Å². The number of nitrogens with zero attached hydrogens (tertiary/aromatic N) is 1. The van der Waals surface area contributed by atoms with Crippen LogP contribution in [-0.4, -0.2) is 18.0 Å². The van der Waals surface area contributed by atoms with Crippen LogP contribution in [0, 0.1) is 5.92 Å². The van der Waals surface area contributed by atoms with Crippen LogP contribution < -0.4 is 10.1 Å². The van der Waals surface area contributed by atoms with Crippen LogP contribution in [0.5, 0.6) is 5.75 Å². The number of carbonyl (C=O) groups excluding carboxylic acids is 1. The summed E-state index contributed by atoms with van der Waals surface area (Å²) < 4.78 is 5.18. The highest BCUT2D eigenvalue weighted by Crippen LogP contribution is 2.47. The highest BCUT2D eigenvalue weighted by atomic mass is 32.1. The summed E-state index contributed by atoms with van der Waals surface area (Å²) in [7, 11) is 1.65. The van der Waals surface area contributed by atoms with Gasteiger partial charge in [0.1, 0.15) is 10.8 Å². The van der Waals surface area contributed by atoms with Gasteiger partial charge in [-0.25, -0.2) is 4.98 Å². The van der Waals surface area contributed by atoms with Crippen LogP contribution in [0.1, 0.15) is 22.9 Å². The summed E-state index contributed by atoms with van der Waals surface area (Å²) in [6, 6.07) is 18.1. The van der Waals surface area contributed by atoms with E-state index in [1.807, 2.05) is 47.8 Å². The fourth-order valence-electron chi connectivity index (χ4n) is 3.13. The van der Waals surface area contributed by atoms with Gasteiger partial charge < -0.3 is 10.1 Å². The molecule has 4 nitrogen and oxygen atoms in total. The number of rotatable bonds is 6. The number of carbonyl (C=O) groups is 1. The smallest absolute Gasteiger partial charge is 0.224 e. The van der Waals surface area contributed by atoms with Gasteiger partial charge >= 0.3 is 0 Å². The zero-order valence-corrected chi connectivity index (χ0v) is 15.3. The SMILES string of the molecule is COc1ccc(-c2csc(CNC(=O)[C@H]3C[C@H]3c3ccccc3)n2)cc1. The van der Waals surface area contributed by atoms with Gasteiger partial charge in [-0.1, -0.05) is 30.3 Å². The molecule has 1 saturated carbocycles. The molecule has 4 rings (SSSR count). The lowest BCUT2D eigenvalue weighted by molar-refractivity contribution is -0.122. The minimum atomic E-state index is 0.0958. The first-order valence-corrected chi connectivity index (χ1v) is 9.54. The van der Waals surface area contributed by atoms with Crippen LogP contribution in [0.2, 0.25) is 0 Å². The fraction of sp³-hybridized carbons (Fsp3) is 0.238. The van der Waals surface area contributed by atoms with E-state index in [4.69, 9.17) is 4.74 Å². The molecule has 2 aromatic carbocycles. The molecule has 1 N–H and O–H groups in total. The number of aromatic nitrogens is 1. The molecule has 0 bridgehead atoms. The summed E-state index contributed by atoms with van der Waals surface area (Å²) in [6.45, 7) is 0.484. The summed E-state index contributed by atoms with van der Waals surface area (Å²) in [5.74, 6) is 1.41. The van der Waals surface area contributed by atoms with E-state index in [1.54, 1.807) is 18.4 Å². The Hall–Kier alpha value is -2.66. The average molecular weight is 364 g/mol. The van der Waals surface area contributed by atoms with Crippen molar-refractivity contribution >= 4 is 17.2 Å². The summed E-state index contributed by atoms with van der Waals surface area (Å²) >= 11 is 1.57. The fourth-order valence-corrected chi connectivity index (χ4v) is 3.88. The van der Waals surface area contributed by atoms with Crippen molar-refractivity contribution in [3.63, 3.8) is 0 Å². The molecule has 1 aromatic heterocycles. The molecule has 1 aliphatic rings. The highest BCUT2D eigenvalue weighted by Gasteiger charge is 2.43. The molecule has 5 heteroatoms. The van der Waals surface area contributed by atoms with E-state index in [-0.39, 0.29) is 11.8 Å². The van der Waals surface area contributed by atoms with Crippen LogP contribution in [0.15, 0.2) is 60.0 Å². The minimum absolute atomic E-state index is 0.0958. The molecule has 1 fully saturated rings. The lowest BCUT2D eigenvalue weighted by Gasteiger charge is -2.03. The number of hydrogen-bond acceptors (Lipinski definition) is 4. The molecule has 2 atom stereocenters. The lowest BCUT2D eigenvalue weighted by Crippen LogP contribution is -2.24. The standard InChI is InChI=1S/C21H20N2O2S/c1-25-16-9-7-15(8-10-16)19-13-26-20(23-19)12-22-21(24)18-11-17(18)14-5-3-2-4-6-14/h2-10,13,17-18H,11-12H2,1H3,(H,22,24)/t17-,18-/m0/s1. The molecule has 1 heterocycles. The van der Waals surface area contributed by atoms with Crippen molar-refractivity contribution in [1.29, 1.82) is 0 Å². The van der Waals surface area contributed by atoms with E-state index in [9.17, 15) is 4.79 Å². The Morgan fingerprint density at radius 2 is 1.96 bits per heavy atom. The number of hydrogen-bond donors (Lipinski definition) is 1. The Morgan fingerprint density at radius 1 is 1.19 bits per heavy atom. The Kier molecular flexibility index (Phi) is 4.71. The van der Waals surface area contributed by atoms with E-state index in [2.05, 4.69) is 22.4 Å². The third kappa shape index (κ3) is 3.63. The third-order valence-electron chi connectivity index (χ3n) is 4.71. The second-order valence-corrected chi connectivity index (χ2v) is 7.37. The zero-order chi connectivity index (χ0) is 17.9. The first kappa shape index (κ1) is 16.8. The minimum Gasteiger partial charge on any atom is -0.497 e. The Balaban J connectivity index is 1.33. The van der Waals surface area contributed by atoms with E-state index in [0.717, 1.165) is 28.4 Å². The quantitative estimate of drug-likeness (QED) is 0.712. The van der Waals surface area contributed by atoms with Gasteiger partial charge in [0.05, 0.1) is 19.3 Å². The van der Waals surface area contributed by atoms with E-state index >= 15 is 0 Å². The van der Waals surface area contributed by atoms with Crippen molar-refractivity contribution in [2.45, 2.75) is 18.9 Å². The number of thiazole rings is 1. The van der Waals surface area contributed by atoms with Gasteiger partial charge in [0, 0.05) is 16.9 Å². The maximum absolute atomic E-state index is 12.4. The van der Waals surface area contributed by atoms with Gasteiger partial charge in [-0.2, -0.15) is 0 Å². The van der Waals surface area contributed by atoms with Crippen molar-refractivity contribution in [3.8, 4) is 17.0 Å². The molecule has 0 unspecified atom stereocenters. The molecule has 0 radical (unpaired) electrons. The predicted molar refractivity (Wildman–Crippen MR) is 103 cm³/mol. The van der Waals surface area contributed by atoms with Gasteiger partial charge in [-0.15, -0.1) is 11.3 Å². The number of nitrogens with one attached hydrogen (secondary N) is 1. The molecule has 1 amide bonds. The Morgan fingerprint density at radius 3 is 2.69 bits per heavy atom. The van der Waals surface area contributed by atoms with E-state index in [1.165, 1.54) is 5.56 Å². The number of ether oxygens (including phenoxy) is 1. The van der Waals surface area contributed by atoms with Crippen molar-refractivity contribution in [2.24, 2.45) is 5.92 Å². The van der Waals surface area contributed by atoms with E-state index in [0.29, 0.717) is 12.5 Å². The second kappa shape index (κ2) is 7.30. The lowest BCUT2D eigenvalue weighted by atomic mass is 10.1. The summed E-state index contributed by atoms with van der Waals surface area (Å²) in [5, 5.41) is 5.97. The van der Waals surface area contributed by atoms with Gasteiger partial charge in [0.15, 0.2) is 0 Å². The molecule has 26 heavy (non-hydrogen) atoms. The maximum Gasteiger partial charge on any atom is 0.224 e. The number of benzene rings is 2.